The molecule has 0 aromatic carbocycles. The van der Waals surface area contributed by atoms with Crippen molar-refractivity contribution >= 4 is 35.0 Å². The van der Waals surface area contributed by atoms with Gasteiger partial charge in [-0.1, -0.05) is 23.4 Å². The van der Waals surface area contributed by atoms with Gasteiger partial charge in [-0.25, -0.2) is 4.98 Å². The van der Waals surface area contributed by atoms with E-state index in [1.54, 1.807) is 18.0 Å². The first-order valence-corrected chi connectivity index (χ1v) is 11.1. The van der Waals surface area contributed by atoms with Crippen LogP contribution in [-0.4, -0.2) is 37.2 Å². The summed E-state index contributed by atoms with van der Waals surface area (Å²) in [4.78, 5) is 7.00. The normalized spacial score (nSPS) is 14.7. The predicted molar refractivity (Wildman–Crippen MR) is 114 cm³/mol. The van der Waals surface area contributed by atoms with Crippen LogP contribution in [0.15, 0.2) is 52.5 Å². The van der Waals surface area contributed by atoms with Crippen molar-refractivity contribution in [1.29, 1.82) is 0 Å². The van der Waals surface area contributed by atoms with Crippen molar-refractivity contribution < 1.29 is 4.42 Å². The quantitative estimate of drug-likeness (QED) is 0.421. The number of piperidine rings is 1. The zero-order chi connectivity index (χ0) is 19.6. The number of halogens is 1. The van der Waals surface area contributed by atoms with Crippen molar-refractivity contribution in [3.8, 4) is 0 Å². The lowest BCUT2D eigenvalue weighted by Gasteiger charge is -2.27. The van der Waals surface area contributed by atoms with Gasteiger partial charge in [0.2, 0.25) is 5.95 Å². The van der Waals surface area contributed by atoms with Crippen molar-refractivity contribution in [2.45, 2.75) is 36.7 Å². The minimum absolute atomic E-state index is 0.620. The van der Waals surface area contributed by atoms with Gasteiger partial charge in [0.25, 0.3) is 0 Å². The van der Waals surface area contributed by atoms with E-state index in [1.165, 1.54) is 19.3 Å². The van der Waals surface area contributed by atoms with Crippen LogP contribution in [0.1, 0.15) is 30.7 Å². The van der Waals surface area contributed by atoms with Gasteiger partial charge in [0.05, 0.1) is 23.5 Å². The summed E-state index contributed by atoms with van der Waals surface area (Å²) in [6, 6.07) is 7.67. The summed E-state index contributed by atoms with van der Waals surface area (Å²) >= 11 is 7.72. The number of furan rings is 1. The molecule has 0 aliphatic carbocycles. The Hall–Kier alpha value is -2.45. The number of imidazole rings is 1. The molecule has 1 saturated heterocycles. The summed E-state index contributed by atoms with van der Waals surface area (Å²) in [6.45, 7) is 2.66. The highest BCUT2D eigenvalue weighted by atomic mass is 35.5. The second-order valence-corrected chi connectivity index (χ2v) is 8.51. The molecule has 29 heavy (non-hydrogen) atoms. The molecular formula is C20H21ClN6OS. The molecule has 4 aromatic heterocycles. The van der Waals surface area contributed by atoms with E-state index in [-0.39, 0.29) is 0 Å². The second-order valence-electron chi connectivity index (χ2n) is 7.13. The Morgan fingerprint density at radius 3 is 2.79 bits per heavy atom. The summed E-state index contributed by atoms with van der Waals surface area (Å²) in [6.07, 6.45) is 9.25. The van der Waals surface area contributed by atoms with Gasteiger partial charge >= 0.3 is 0 Å². The third-order valence-electron chi connectivity index (χ3n) is 5.04. The summed E-state index contributed by atoms with van der Waals surface area (Å²) in [7, 11) is 0. The number of nitrogens with zero attached hydrogens (tertiary/aromatic N) is 6. The fourth-order valence-corrected chi connectivity index (χ4v) is 4.62. The lowest BCUT2D eigenvalue weighted by Crippen LogP contribution is -2.32. The zero-order valence-corrected chi connectivity index (χ0v) is 17.4. The van der Waals surface area contributed by atoms with Gasteiger partial charge in [0.15, 0.2) is 5.16 Å². The third-order valence-corrected chi connectivity index (χ3v) is 6.27. The van der Waals surface area contributed by atoms with Crippen LogP contribution >= 0.6 is 23.4 Å². The minimum Gasteiger partial charge on any atom is -0.467 e. The largest absolute Gasteiger partial charge is 0.467 e. The first kappa shape index (κ1) is 18.6. The molecule has 1 fully saturated rings. The van der Waals surface area contributed by atoms with E-state index < -0.39 is 0 Å². The monoisotopic (exact) mass is 428 g/mol. The fourth-order valence-electron chi connectivity index (χ4n) is 3.64. The Morgan fingerprint density at radius 2 is 1.97 bits per heavy atom. The third kappa shape index (κ3) is 4.00. The fraction of sp³-hybridized carbons (Fsp3) is 0.350. The van der Waals surface area contributed by atoms with Gasteiger partial charge in [-0.3, -0.25) is 4.57 Å². The highest BCUT2D eigenvalue weighted by molar-refractivity contribution is 7.98. The second kappa shape index (κ2) is 8.12. The summed E-state index contributed by atoms with van der Waals surface area (Å²) in [5.74, 6) is 2.52. The van der Waals surface area contributed by atoms with Crippen LogP contribution in [0.25, 0.3) is 5.65 Å². The van der Waals surface area contributed by atoms with E-state index >= 15 is 0 Å². The number of aromatic nitrogens is 5. The molecule has 0 amide bonds. The summed E-state index contributed by atoms with van der Waals surface area (Å²) < 4.78 is 9.69. The van der Waals surface area contributed by atoms with Crippen LogP contribution in [-0.2, 0) is 12.3 Å². The summed E-state index contributed by atoms with van der Waals surface area (Å²) in [5.41, 5.74) is 1.86. The van der Waals surface area contributed by atoms with Gasteiger partial charge in [-0.15, -0.1) is 10.2 Å². The van der Waals surface area contributed by atoms with Crippen molar-refractivity contribution in [2.75, 3.05) is 18.0 Å². The molecule has 0 N–H and O–H groups in total. The molecule has 5 rings (SSSR count). The molecular weight excluding hydrogens is 408 g/mol. The Balaban J connectivity index is 1.39. The number of hydrogen-bond donors (Lipinski definition) is 0. The predicted octanol–water partition coefficient (Wildman–Crippen LogP) is 4.50. The maximum absolute atomic E-state index is 6.08. The molecule has 0 atom stereocenters. The Labute approximate surface area is 177 Å². The molecule has 7 nitrogen and oxygen atoms in total. The van der Waals surface area contributed by atoms with E-state index in [1.807, 2.05) is 41.1 Å². The van der Waals surface area contributed by atoms with Gasteiger partial charge in [0, 0.05) is 31.2 Å². The zero-order valence-electron chi connectivity index (χ0n) is 15.9. The first-order chi connectivity index (χ1) is 14.3. The average molecular weight is 429 g/mol. The highest BCUT2D eigenvalue weighted by Crippen LogP contribution is 2.28. The van der Waals surface area contributed by atoms with Crippen LogP contribution in [0, 0.1) is 0 Å². The molecule has 0 saturated carbocycles. The van der Waals surface area contributed by atoms with Crippen molar-refractivity contribution in [3.63, 3.8) is 0 Å². The molecule has 0 unspecified atom stereocenters. The topological polar surface area (TPSA) is 64.4 Å². The van der Waals surface area contributed by atoms with E-state index in [0.29, 0.717) is 17.3 Å². The van der Waals surface area contributed by atoms with E-state index in [0.717, 1.165) is 41.3 Å². The van der Waals surface area contributed by atoms with E-state index in [9.17, 15) is 0 Å². The molecule has 1 aliphatic rings. The lowest BCUT2D eigenvalue weighted by molar-refractivity contribution is 0.479. The molecule has 0 bridgehead atoms. The van der Waals surface area contributed by atoms with Crippen LogP contribution < -0.4 is 4.90 Å². The van der Waals surface area contributed by atoms with E-state index in [2.05, 4.69) is 24.6 Å². The smallest absolute Gasteiger partial charge is 0.228 e. The Morgan fingerprint density at radius 1 is 1.07 bits per heavy atom. The number of fused-ring (bicyclic) bond motifs is 1. The van der Waals surface area contributed by atoms with Gasteiger partial charge in [-0.05, 0) is 43.5 Å². The van der Waals surface area contributed by atoms with E-state index in [4.69, 9.17) is 16.0 Å². The molecule has 5 heterocycles. The maximum atomic E-state index is 6.08. The van der Waals surface area contributed by atoms with Gasteiger partial charge < -0.3 is 13.7 Å². The molecule has 4 aromatic rings. The van der Waals surface area contributed by atoms with Crippen molar-refractivity contribution in [1.82, 2.24) is 24.1 Å². The minimum atomic E-state index is 0.620. The number of anilines is 1. The maximum Gasteiger partial charge on any atom is 0.228 e. The van der Waals surface area contributed by atoms with Crippen LogP contribution in [0.5, 0.6) is 0 Å². The first-order valence-electron chi connectivity index (χ1n) is 9.73. The van der Waals surface area contributed by atoms with Gasteiger partial charge in [0.1, 0.15) is 11.4 Å². The Bertz CT molecular complexity index is 1100. The molecule has 1 aliphatic heterocycles. The molecule has 150 valence electrons. The highest BCUT2D eigenvalue weighted by Gasteiger charge is 2.21. The number of rotatable bonds is 6. The molecule has 0 spiro atoms. The lowest BCUT2D eigenvalue weighted by atomic mass is 10.1. The molecule has 0 radical (unpaired) electrons. The number of thioether (sulfide) groups is 1. The van der Waals surface area contributed by atoms with Crippen molar-refractivity contribution in [3.05, 3.63) is 59.4 Å². The van der Waals surface area contributed by atoms with Crippen LogP contribution in [0.2, 0.25) is 5.02 Å². The van der Waals surface area contributed by atoms with Crippen LogP contribution in [0.3, 0.4) is 0 Å². The SMILES string of the molecule is Clc1ccc2nc(CSc3nnc(N4CCCCC4)n3Cc3ccco3)cn2c1. The standard InChI is InChI=1S/C20H21ClN6OS/c21-15-6-7-18-22-16(12-26(18)11-15)14-29-20-24-23-19(25-8-2-1-3-9-25)27(20)13-17-5-4-10-28-17/h4-7,10-12H,1-3,8-9,13-14H2. The van der Waals surface area contributed by atoms with Gasteiger partial charge in [-0.2, -0.15) is 0 Å². The average Bonchev–Trinajstić information content (AvgIpc) is 3.47. The van der Waals surface area contributed by atoms with Crippen LogP contribution in [0.4, 0.5) is 5.95 Å². The number of pyridine rings is 1. The number of hydrogen-bond acceptors (Lipinski definition) is 6. The molecule has 9 heteroatoms. The summed E-state index contributed by atoms with van der Waals surface area (Å²) in [5, 5.41) is 10.6. The van der Waals surface area contributed by atoms with Crippen molar-refractivity contribution in [2.24, 2.45) is 0 Å². The Kier molecular flexibility index (Phi) is 5.20.